The van der Waals surface area contributed by atoms with Crippen LogP contribution in [0.1, 0.15) is 28.4 Å². The lowest BCUT2D eigenvalue weighted by Crippen LogP contribution is -2.24. The quantitative estimate of drug-likeness (QED) is 0.690. The first kappa shape index (κ1) is 19.9. The smallest absolute Gasteiger partial charge is 0.251 e. The van der Waals surface area contributed by atoms with Gasteiger partial charge in [-0.05, 0) is 37.1 Å². The summed E-state index contributed by atoms with van der Waals surface area (Å²) < 4.78 is 30.0. The number of ether oxygens (including phenoxy) is 1. The fraction of sp³-hybridized carbons (Fsp3) is 0.333. The average molecular weight is 377 g/mol. The predicted molar refractivity (Wildman–Crippen MR) is 99.6 cm³/mol. The number of nitrogens with zero attached hydrogens (tertiary/aromatic N) is 1. The molecule has 0 unspecified atom stereocenters. The maximum atomic E-state index is 12.3. The topological polar surface area (TPSA) is 97.4 Å². The largest absolute Gasteiger partial charge is 0.478 e. The molecule has 0 saturated heterocycles. The van der Waals surface area contributed by atoms with Crippen molar-refractivity contribution in [3.8, 4) is 5.88 Å². The van der Waals surface area contributed by atoms with Crippen molar-refractivity contribution < 1.29 is 17.9 Å². The number of hydrogen-bond donors (Lipinski definition) is 2. The second kappa shape index (κ2) is 9.30. The highest BCUT2D eigenvalue weighted by molar-refractivity contribution is 7.88. The van der Waals surface area contributed by atoms with Crippen molar-refractivity contribution >= 4 is 15.9 Å². The molecule has 0 bridgehead atoms. The monoisotopic (exact) mass is 377 g/mol. The van der Waals surface area contributed by atoms with Crippen LogP contribution in [0.5, 0.6) is 5.88 Å². The summed E-state index contributed by atoms with van der Waals surface area (Å²) in [5.41, 5.74) is 2.29. The van der Waals surface area contributed by atoms with Crippen LogP contribution in [-0.4, -0.2) is 38.7 Å². The van der Waals surface area contributed by atoms with Crippen molar-refractivity contribution in [3.05, 3.63) is 59.3 Å². The summed E-state index contributed by atoms with van der Waals surface area (Å²) in [4.78, 5) is 16.4. The molecule has 0 spiro atoms. The Morgan fingerprint density at radius 1 is 1.19 bits per heavy atom. The van der Waals surface area contributed by atoms with Gasteiger partial charge >= 0.3 is 0 Å². The van der Waals surface area contributed by atoms with Gasteiger partial charge in [0.1, 0.15) is 0 Å². The summed E-state index contributed by atoms with van der Waals surface area (Å²) in [6.07, 6.45) is 3.33. The van der Waals surface area contributed by atoms with E-state index < -0.39 is 10.0 Å². The van der Waals surface area contributed by atoms with E-state index in [4.69, 9.17) is 4.74 Å². The van der Waals surface area contributed by atoms with Crippen molar-refractivity contribution in [1.29, 1.82) is 0 Å². The number of pyridine rings is 1. The fourth-order valence-electron chi connectivity index (χ4n) is 2.31. The number of amides is 1. The lowest BCUT2D eigenvalue weighted by Gasteiger charge is -2.10. The molecule has 140 valence electrons. The zero-order valence-electron chi connectivity index (χ0n) is 14.9. The number of sulfonamides is 1. The molecule has 1 aromatic carbocycles. The van der Waals surface area contributed by atoms with Crippen LogP contribution in [0.2, 0.25) is 0 Å². The Bertz CT molecular complexity index is 836. The number of carbonyl (C=O) groups is 1. The molecule has 0 atom stereocenters. The lowest BCUT2D eigenvalue weighted by atomic mass is 10.1. The molecule has 26 heavy (non-hydrogen) atoms. The molecular weight excluding hydrogens is 354 g/mol. The van der Waals surface area contributed by atoms with Gasteiger partial charge < -0.3 is 10.1 Å². The van der Waals surface area contributed by atoms with Crippen LogP contribution in [0.25, 0.3) is 0 Å². The SMILES string of the molecule is CCOc1ncccc1CNC(=O)c1ccc(CCNS(C)(=O)=O)cc1. The predicted octanol–water partition coefficient (Wildman–Crippen LogP) is 1.50. The second-order valence-electron chi connectivity index (χ2n) is 5.70. The van der Waals surface area contributed by atoms with Crippen LogP contribution >= 0.6 is 0 Å². The minimum absolute atomic E-state index is 0.197. The molecule has 0 aliphatic carbocycles. The third-order valence-electron chi connectivity index (χ3n) is 3.56. The molecule has 1 heterocycles. The van der Waals surface area contributed by atoms with E-state index in [1.807, 2.05) is 25.1 Å². The molecule has 8 heteroatoms. The Morgan fingerprint density at radius 3 is 2.58 bits per heavy atom. The van der Waals surface area contributed by atoms with Gasteiger partial charge in [0.25, 0.3) is 5.91 Å². The van der Waals surface area contributed by atoms with Gasteiger partial charge in [-0.15, -0.1) is 0 Å². The standard InChI is InChI=1S/C18H23N3O4S/c1-3-25-18-16(5-4-11-19-18)13-20-17(22)15-8-6-14(7-9-15)10-12-21-26(2,23)24/h4-9,11,21H,3,10,12-13H2,1-2H3,(H,20,22). The number of benzene rings is 1. The highest BCUT2D eigenvalue weighted by Crippen LogP contribution is 2.14. The van der Waals surface area contributed by atoms with E-state index in [0.29, 0.717) is 37.6 Å². The molecule has 7 nitrogen and oxygen atoms in total. The molecular formula is C18H23N3O4S. The van der Waals surface area contributed by atoms with Crippen molar-refractivity contribution in [2.24, 2.45) is 0 Å². The molecule has 2 rings (SSSR count). The third-order valence-corrected chi connectivity index (χ3v) is 4.29. The maximum absolute atomic E-state index is 12.3. The normalized spacial score (nSPS) is 11.2. The van der Waals surface area contributed by atoms with E-state index in [-0.39, 0.29) is 5.91 Å². The Kier molecular flexibility index (Phi) is 7.11. The summed E-state index contributed by atoms with van der Waals surface area (Å²) >= 11 is 0. The van der Waals surface area contributed by atoms with Gasteiger partial charge in [-0.3, -0.25) is 4.79 Å². The van der Waals surface area contributed by atoms with Gasteiger partial charge in [0, 0.05) is 30.4 Å². The highest BCUT2D eigenvalue weighted by Gasteiger charge is 2.09. The van der Waals surface area contributed by atoms with Crippen molar-refractivity contribution in [1.82, 2.24) is 15.0 Å². The van der Waals surface area contributed by atoms with E-state index in [1.54, 1.807) is 24.4 Å². The van der Waals surface area contributed by atoms with E-state index in [2.05, 4.69) is 15.0 Å². The summed E-state index contributed by atoms with van der Waals surface area (Å²) in [7, 11) is -3.19. The van der Waals surface area contributed by atoms with E-state index in [9.17, 15) is 13.2 Å². The highest BCUT2D eigenvalue weighted by atomic mass is 32.2. The Morgan fingerprint density at radius 2 is 1.92 bits per heavy atom. The van der Waals surface area contributed by atoms with Gasteiger partial charge in [-0.2, -0.15) is 0 Å². The first-order chi connectivity index (χ1) is 12.4. The van der Waals surface area contributed by atoms with Gasteiger partial charge in [0.15, 0.2) is 0 Å². The Balaban J connectivity index is 1.90. The van der Waals surface area contributed by atoms with Crippen LogP contribution in [0.4, 0.5) is 0 Å². The van der Waals surface area contributed by atoms with Gasteiger partial charge in [0.05, 0.1) is 12.9 Å². The number of nitrogens with one attached hydrogen (secondary N) is 2. The van der Waals surface area contributed by atoms with Crippen molar-refractivity contribution in [2.75, 3.05) is 19.4 Å². The zero-order valence-corrected chi connectivity index (χ0v) is 15.7. The van der Waals surface area contributed by atoms with Crippen LogP contribution in [0, 0.1) is 0 Å². The summed E-state index contributed by atoms with van der Waals surface area (Å²) in [5, 5.41) is 2.85. The van der Waals surface area contributed by atoms with Gasteiger partial charge in [-0.25, -0.2) is 18.1 Å². The Labute approximate surface area is 153 Å². The average Bonchev–Trinajstić information content (AvgIpc) is 2.60. The van der Waals surface area contributed by atoms with Crippen LogP contribution in [0.3, 0.4) is 0 Å². The van der Waals surface area contributed by atoms with Crippen molar-refractivity contribution in [2.45, 2.75) is 19.9 Å². The molecule has 0 saturated carbocycles. The maximum Gasteiger partial charge on any atom is 0.251 e. The summed E-state index contributed by atoms with van der Waals surface area (Å²) in [6, 6.07) is 10.7. The van der Waals surface area contributed by atoms with E-state index >= 15 is 0 Å². The molecule has 1 amide bonds. The second-order valence-corrected chi connectivity index (χ2v) is 7.53. The first-order valence-corrected chi connectivity index (χ1v) is 10.2. The first-order valence-electron chi connectivity index (χ1n) is 8.27. The molecule has 0 radical (unpaired) electrons. The van der Waals surface area contributed by atoms with Gasteiger partial charge in [0.2, 0.25) is 15.9 Å². The molecule has 1 aromatic heterocycles. The fourth-order valence-corrected chi connectivity index (χ4v) is 2.78. The number of rotatable bonds is 9. The van der Waals surface area contributed by atoms with Crippen LogP contribution in [0.15, 0.2) is 42.6 Å². The molecule has 2 N–H and O–H groups in total. The summed E-state index contributed by atoms with van der Waals surface area (Å²) in [5.74, 6) is 0.320. The van der Waals surface area contributed by atoms with E-state index in [0.717, 1.165) is 17.4 Å². The molecule has 0 aliphatic rings. The number of aromatic nitrogens is 1. The van der Waals surface area contributed by atoms with Crippen LogP contribution in [-0.2, 0) is 23.0 Å². The number of hydrogen-bond acceptors (Lipinski definition) is 5. The van der Waals surface area contributed by atoms with Crippen molar-refractivity contribution in [3.63, 3.8) is 0 Å². The van der Waals surface area contributed by atoms with E-state index in [1.165, 1.54) is 0 Å². The molecule has 0 aliphatic heterocycles. The zero-order chi connectivity index (χ0) is 19.0. The molecule has 0 fully saturated rings. The minimum atomic E-state index is -3.19. The number of carbonyl (C=O) groups excluding carboxylic acids is 1. The van der Waals surface area contributed by atoms with Crippen LogP contribution < -0.4 is 14.8 Å². The third kappa shape index (κ3) is 6.45. The van der Waals surface area contributed by atoms with Gasteiger partial charge in [-0.1, -0.05) is 18.2 Å². The lowest BCUT2D eigenvalue weighted by molar-refractivity contribution is 0.0950. The molecule has 2 aromatic rings. The minimum Gasteiger partial charge on any atom is -0.478 e. The summed E-state index contributed by atoms with van der Waals surface area (Å²) in [6.45, 7) is 3.03. The Hall–Kier alpha value is -2.45.